The molecule has 2 N–H and O–H groups in total. The Morgan fingerprint density at radius 1 is 1.33 bits per heavy atom. The number of guanidine groups is 1. The van der Waals surface area contributed by atoms with Crippen molar-refractivity contribution in [2.45, 2.75) is 12.8 Å². The standard InChI is InChI=1S/C11H24F2N4O/c1-14-11(16-9-10(12)13)15-5-7-17(2)6-4-8-18-3/h10H,4-9H2,1-3H3,(H2,14,15,16). The van der Waals surface area contributed by atoms with Gasteiger partial charge in [-0.15, -0.1) is 0 Å². The van der Waals surface area contributed by atoms with E-state index in [2.05, 4.69) is 20.5 Å². The molecular formula is C11H24F2N4O. The zero-order chi connectivity index (χ0) is 13.8. The summed E-state index contributed by atoms with van der Waals surface area (Å²) in [7, 11) is 5.25. The highest BCUT2D eigenvalue weighted by Crippen LogP contribution is 1.88. The van der Waals surface area contributed by atoms with Gasteiger partial charge in [0.2, 0.25) is 0 Å². The van der Waals surface area contributed by atoms with E-state index in [9.17, 15) is 8.78 Å². The van der Waals surface area contributed by atoms with Crippen molar-refractivity contribution >= 4 is 5.96 Å². The third-order valence-electron chi connectivity index (χ3n) is 2.32. The zero-order valence-electron chi connectivity index (χ0n) is 11.4. The lowest BCUT2D eigenvalue weighted by Gasteiger charge is -2.18. The van der Waals surface area contributed by atoms with Gasteiger partial charge in [-0.2, -0.15) is 0 Å². The van der Waals surface area contributed by atoms with E-state index in [1.807, 2.05) is 7.05 Å². The van der Waals surface area contributed by atoms with Crippen LogP contribution in [0.5, 0.6) is 0 Å². The number of methoxy groups -OCH3 is 1. The summed E-state index contributed by atoms with van der Waals surface area (Å²) in [6, 6.07) is 0. The van der Waals surface area contributed by atoms with Crippen LogP contribution in [0.15, 0.2) is 4.99 Å². The maximum absolute atomic E-state index is 12.0. The van der Waals surface area contributed by atoms with Gasteiger partial charge in [0, 0.05) is 40.4 Å². The molecule has 0 aromatic heterocycles. The highest BCUT2D eigenvalue weighted by Gasteiger charge is 2.04. The van der Waals surface area contributed by atoms with Gasteiger partial charge in [0.25, 0.3) is 6.43 Å². The maximum Gasteiger partial charge on any atom is 0.255 e. The normalized spacial score (nSPS) is 12.3. The van der Waals surface area contributed by atoms with E-state index in [0.29, 0.717) is 12.5 Å². The van der Waals surface area contributed by atoms with Crippen molar-refractivity contribution in [3.63, 3.8) is 0 Å². The number of alkyl halides is 2. The molecule has 0 rings (SSSR count). The summed E-state index contributed by atoms with van der Waals surface area (Å²) in [4.78, 5) is 6.00. The molecule has 0 saturated heterocycles. The van der Waals surface area contributed by atoms with Crippen molar-refractivity contribution in [3.05, 3.63) is 0 Å². The summed E-state index contributed by atoms with van der Waals surface area (Å²) in [6.45, 7) is 2.78. The Labute approximate surface area is 108 Å². The Bertz CT molecular complexity index is 227. The maximum atomic E-state index is 12.0. The molecule has 5 nitrogen and oxygen atoms in total. The van der Waals surface area contributed by atoms with E-state index >= 15 is 0 Å². The third kappa shape index (κ3) is 10.2. The first kappa shape index (κ1) is 17.1. The van der Waals surface area contributed by atoms with Crippen molar-refractivity contribution in [2.24, 2.45) is 4.99 Å². The SMILES string of the molecule is CN=C(NCCN(C)CCCOC)NCC(F)F. The topological polar surface area (TPSA) is 48.9 Å². The molecule has 0 unspecified atom stereocenters. The summed E-state index contributed by atoms with van der Waals surface area (Å²) in [5.41, 5.74) is 0. The number of nitrogens with zero attached hydrogens (tertiary/aromatic N) is 2. The van der Waals surface area contributed by atoms with Gasteiger partial charge in [-0.05, 0) is 13.5 Å². The lowest BCUT2D eigenvalue weighted by atomic mass is 10.4. The number of nitrogens with one attached hydrogen (secondary N) is 2. The van der Waals surface area contributed by atoms with Crippen LogP contribution in [0.4, 0.5) is 8.78 Å². The lowest BCUT2D eigenvalue weighted by Crippen LogP contribution is -2.42. The Hall–Kier alpha value is -0.950. The number of halogens is 2. The Balaban J connectivity index is 3.61. The fourth-order valence-corrected chi connectivity index (χ4v) is 1.35. The van der Waals surface area contributed by atoms with Crippen molar-refractivity contribution in [2.75, 3.05) is 54.0 Å². The predicted molar refractivity (Wildman–Crippen MR) is 69.4 cm³/mol. The van der Waals surface area contributed by atoms with Gasteiger partial charge in [-0.3, -0.25) is 4.99 Å². The highest BCUT2D eigenvalue weighted by atomic mass is 19.3. The van der Waals surface area contributed by atoms with E-state index in [0.717, 1.165) is 26.1 Å². The fraction of sp³-hybridized carbons (Fsp3) is 0.909. The van der Waals surface area contributed by atoms with Gasteiger partial charge in [0.1, 0.15) is 0 Å². The van der Waals surface area contributed by atoms with Gasteiger partial charge in [0.15, 0.2) is 5.96 Å². The molecule has 0 radical (unpaired) electrons. The summed E-state index contributed by atoms with van der Waals surface area (Å²) in [6.07, 6.45) is -1.40. The van der Waals surface area contributed by atoms with E-state index in [1.54, 1.807) is 14.2 Å². The first-order chi connectivity index (χ1) is 8.60. The number of hydrogen-bond donors (Lipinski definition) is 2. The molecule has 0 saturated carbocycles. The van der Waals surface area contributed by atoms with Gasteiger partial charge in [-0.25, -0.2) is 8.78 Å². The minimum Gasteiger partial charge on any atom is -0.385 e. The van der Waals surface area contributed by atoms with Gasteiger partial charge in [0.05, 0.1) is 6.54 Å². The van der Waals surface area contributed by atoms with Crippen LogP contribution in [0.3, 0.4) is 0 Å². The quantitative estimate of drug-likeness (QED) is 0.360. The molecule has 0 aliphatic rings. The molecule has 0 heterocycles. The smallest absolute Gasteiger partial charge is 0.255 e. The summed E-state index contributed by atoms with van der Waals surface area (Å²) in [5, 5.41) is 5.52. The van der Waals surface area contributed by atoms with E-state index in [-0.39, 0.29) is 6.54 Å². The first-order valence-corrected chi connectivity index (χ1v) is 6.00. The number of aliphatic imine (C=N–C) groups is 1. The van der Waals surface area contributed by atoms with E-state index in [4.69, 9.17) is 4.74 Å². The zero-order valence-corrected chi connectivity index (χ0v) is 11.4. The van der Waals surface area contributed by atoms with Crippen LogP contribution in [-0.2, 0) is 4.74 Å². The molecular weight excluding hydrogens is 242 g/mol. The monoisotopic (exact) mass is 266 g/mol. The Morgan fingerprint density at radius 2 is 2.06 bits per heavy atom. The number of rotatable bonds is 9. The number of ether oxygens (including phenoxy) is 1. The Morgan fingerprint density at radius 3 is 2.61 bits per heavy atom. The van der Waals surface area contributed by atoms with Crippen LogP contribution >= 0.6 is 0 Å². The summed E-state index contributed by atoms with van der Waals surface area (Å²) >= 11 is 0. The molecule has 0 aliphatic heterocycles. The summed E-state index contributed by atoms with van der Waals surface area (Å²) in [5.74, 6) is 0.403. The average molecular weight is 266 g/mol. The number of likely N-dealkylation sites (N-methyl/N-ethyl adjacent to an activating group) is 1. The van der Waals surface area contributed by atoms with Crippen molar-refractivity contribution in [3.8, 4) is 0 Å². The molecule has 0 amide bonds. The molecule has 18 heavy (non-hydrogen) atoms. The second-order valence-corrected chi connectivity index (χ2v) is 3.92. The lowest BCUT2D eigenvalue weighted by molar-refractivity contribution is 0.152. The minimum absolute atomic E-state index is 0.386. The molecule has 0 aromatic rings. The van der Waals surface area contributed by atoms with Gasteiger partial charge < -0.3 is 20.3 Å². The average Bonchev–Trinajstić information content (AvgIpc) is 2.33. The minimum atomic E-state index is -2.37. The molecule has 0 fully saturated rings. The molecule has 0 aliphatic carbocycles. The third-order valence-corrected chi connectivity index (χ3v) is 2.32. The van der Waals surface area contributed by atoms with E-state index < -0.39 is 6.43 Å². The van der Waals surface area contributed by atoms with Crippen molar-refractivity contribution in [1.29, 1.82) is 0 Å². The fourth-order valence-electron chi connectivity index (χ4n) is 1.35. The van der Waals surface area contributed by atoms with Gasteiger partial charge >= 0.3 is 0 Å². The Kier molecular flexibility index (Phi) is 10.6. The van der Waals surface area contributed by atoms with Crippen LogP contribution in [0.1, 0.15) is 6.42 Å². The molecule has 0 bridgehead atoms. The second kappa shape index (κ2) is 11.2. The van der Waals surface area contributed by atoms with Crippen LogP contribution in [-0.4, -0.2) is 71.3 Å². The molecule has 108 valence electrons. The predicted octanol–water partition coefficient (Wildman–Crippen LogP) is 0.385. The van der Waals surface area contributed by atoms with Crippen molar-refractivity contribution in [1.82, 2.24) is 15.5 Å². The van der Waals surface area contributed by atoms with Crippen LogP contribution in [0.25, 0.3) is 0 Å². The highest BCUT2D eigenvalue weighted by molar-refractivity contribution is 5.79. The summed E-state index contributed by atoms with van der Waals surface area (Å²) < 4.78 is 28.9. The van der Waals surface area contributed by atoms with E-state index in [1.165, 1.54) is 0 Å². The van der Waals surface area contributed by atoms with Crippen LogP contribution < -0.4 is 10.6 Å². The largest absolute Gasteiger partial charge is 0.385 e. The van der Waals surface area contributed by atoms with Crippen LogP contribution in [0, 0.1) is 0 Å². The van der Waals surface area contributed by atoms with Crippen LogP contribution in [0.2, 0.25) is 0 Å². The molecule has 0 aromatic carbocycles. The molecule has 0 spiro atoms. The second-order valence-electron chi connectivity index (χ2n) is 3.92. The van der Waals surface area contributed by atoms with Crippen molar-refractivity contribution < 1.29 is 13.5 Å². The number of hydrogen-bond acceptors (Lipinski definition) is 3. The molecule has 7 heteroatoms. The van der Waals surface area contributed by atoms with Gasteiger partial charge in [-0.1, -0.05) is 0 Å². The first-order valence-electron chi connectivity index (χ1n) is 6.00. The molecule has 0 atom stereocenters.